The summed E-state index contributed by atoms with van der Waals surface area (Å²) in [6.45, 7) is 5.72. The lowest BCUT2D eigenvalue weighted by Gasteiger charge is -2.14. The largest absolute Gasteiger partial charge is 0.394 e. The normalized spacial score (nSPS) is 24.9. The van der Waals surface area contributed by atoms with Crippen molar-refractivity contribution in [1.29, 1.82) is 0 Å². The van der Waals surface area contributed by atoms with E-state index < -0.39 is 12.2 Å². The van der Waals surface area contributed by atoms with Crippen molar-refractivity contribution in [3.8, 4) is 0 Å². The molecule has 116 valence electrons. The molecule has 0 saturated carbocycles. The van der Waals surface area contributed by atoms with Crippen LogP contribution in [0.4, 0.5) is 5.82 Å². The zero-order valence-corrected chi connectivity index (χ0v) is 12.5. The summed E-state index contributed by atoms with van der Waals surface area (Å²) in [5, 5.41) is 19.7. The Hall–Kier alpha value is -1.70. The highest BCUT2D eigenvalue weighted by molar-refractivity contribution is 5.89. The van der Waals surface area contributed by atoms with Crippen LogP contribution in [-0.2, 0) is 4.74 Å². The maximum absolute atomic E-state index is 9.80. The summed E-state index contributed by atoms with van der Waals surface area (Å²) >= 11 is 0. The molecular weight excluding hydrogens is 272 g/mol. The van der Waals surface area contributed by atoms with Gasteiger partial charge in [0.2, 0.25) is 0 Å². The molecule has 0 aliphatic carbocycles. The van der Waals surface area contributed by atoms with Crippen LogP contribution in [0.1, 0.15) is 32.1 Å². The Morgan fingerprint density at radius 2 is 2.14 bits per heavy atom. The number of nitrogens with two attached hydrogens (primary N) is 1. The Morgan fingerprint density at radius 3 is 2.76 bits per heavy atom. The van der Waals surface area contributed by atoms with Crippen LogP contribution in [0.15, 0.2) is 12.5 Å². The topological polar surface area (TPSA) is 106 Å². The van der Waals surface area contributed by atoms with Gasteiger partial charge >= 0.3 is 0 Å². The zero-order valence-electron chi connectivity index (χ0n) is 12.5. The van der Waals surface area contributed by atoms with Gasteiger partial charge in [0.05, 0.1) is 18.1 Å². The van der Waals surface area contributed by atoms with E-state index >= 15 is 0 Å². The van der Waals surface area contributed by atoms with Crippen molar-refractivity contribution in [3.05, 3.63) is 18.1 Å². The van der Waals surface area contributed by atoms with Gasteiger partial charge in [-0.05, 0) is 12.5 Å². The van der Waals surface area contributed by atoms with Gasteiger partial charge < -0.3 is 25.3 Å². The Bertz CT molecular complexity index is 614. The third-order valence-corrected chi connectivity index (χ3v) is 3.52. The first-order chi connectivity index (χ1) is 10.1. The van der Waals surface area contributed by atoms with E-state index in [0.717, 1.165) is 10.9 Å². The van der Waals surface area contributed by atoms with Gasteiger partial charge in [-0.25, -0.2) is 9.97 Å². The van der Waals surface area contributed by atoms with Crippen molar-refractivity contribution >= 4 is 16.9 Å². The standard InChI is InChI=1S/C12H16N4O3.C2H6/c1-6-3-16(9-2-7(18)8(4-17)19-9)12-10(6)11(13)14-5-15-12;1-2/h3,5,7-9,17-18H,2,4H2,1H3,(H2,13,14,15);1-2H3. The molecule has 21 heavy (non-hydrogen) atoms. The van der Waals surface area contributed by atoms with E-state index in [1.807, 2.05) is 31.5 Å². The molecule has 7 heteroatoms. The monoisotopic (exact) mass is 294 g/mol. The van der Waals surface area contributed by atoms with Gasteiger partial charge in [-0.2, -0.15) is 0 Å². The number of fused-ring (bicyclic) bond motifs is 1. The molecule has 0 aromatic carbocycles. The minimum absolute atomic E-state index is 0.201. The molecule has 1 aliphatic rings. The van der Waals surface area contributed by atoms with E-state index in [1.54, 1.807) is 0 Å². The number of aromatic nitrogens is 3. The SMILES string of the molecule is CC.Cc1cn(C2CC(O)C(CO)O2)c2ncnc(N)c12. The number of ether oxygens (including phenoxy) is 1. The smallest absolute Gasteiger partial charge is 0.147 e. The number of aliphatic hydroxyl groups excluding tert-OH is 2. The molecule has 1 aliphatic heterocycles. The average Bonchev–Trinajstić information content (AvgIpc) is 3.02. The van der Waals surface area contributed by atoms with E-state index in [2.05, 4.69) is 9.97 Å². The maximum atomic E-state index is 9.80. The van der Waals surface area contributed by atoms with Gasteiger partial charge in [0.1, 0.15) is 30.1 Å². The van der Waals surface area contributed by atoms with Crippen molar-refractivity contribution in [2.75, 3.05) is 12.3 Å². The van der Waals surface area contributed by atoms with Crippen LogP contribution in [0.3, 0.4) is 0 Å². The van der Waals surface area contributed by atoms with Gasteiger partial charge in [-0.15, -0.1) is 0 Å². The summed E-state index contributed by atoms with van der Waals surface area (Å²) in [4.78, 5) is 8.21. The first-order valence-corrected chi connectivity index (χ1v) is 7.13. The quantitative estimate of drug-likeness (QED) is 0.762. The zero-order chi connectivity index (χ0) is 15.6. The minimum atomic E-state index is -0.674. The third kappa shape index (κ3) is 2.72. The molecule has 1 fully saturated rings. The van der Waals surface area contributed by atoms with E-state index in [-0.39, 0.29) is 12.8 Å². The summed E-state index contributed by atoms with van der Waals surface area (Å²) in [5.41, 5.74) is 7.49. The Morgan fingerprint density at radius 1 is 1.43 bits per heavy atom. The predicted octanol–water partition coefficient (Wildman–Crippen LogP) is 0.989. The number of hydrogen-bond acceptors (Lipinski definition) is 6. The van der Waals surface area contributed by atoms with Crippen LogP contribution < -0.4 is 5.73 Å². The van der Waals surface area contributed by atoms with Gasteiger partial charge in [0, 0.05) is 12.6 Å². The van der Waals surface area contributed by atoms with Crippen molar-refractivity contribution in [3.63, 3.8) is 0 Å². The summed E-state index contributed by atoms with van der Waals surface area (Å²) in [7, 11) is 0. The number of nitrogens with zero attached hydrogens (tertiary/aromatic N) is 3. The highest BCUT2D eigenvalue weighted by atomic mass is 16.5. The van der Waals surface area contributed by atoms with E-state index in [1.165, 1.54) is 6.33 Å². The molecule has 0 radical (unpaired) electrons. The number of anilines is 1. The number of aliphatic hydroxyl groups is 2. The van der Waals surface area contributed by atoms with Gasteiger partial charge in [0.25, 0.3) is 0 Å². The molecule has 0 amide bonds. The predicted molar refractivity (Wildman–Crippen MR) is 79.6 cm³/mol. The van der Waals surface area contributed by atoms with Crippen molar-refractivity contribution < 1.29 is 14.9 Å². The molecule has 1 saturated heterocycles. The Labute approximate surface area is 123 Å². The lowest BCUT2D eigenvalue weighted by molar-refractivity contribution is -0.0430. The number of hydrogen-bond donors (Lipinski definition) is 3. The van der Waals surface area contributed by atoms with Gasteiger partial charge in [-0.1, -0.05) is 13.8 Å². The van der Waals surface area contributed by atoms with Crippen LogP contribution in [0.5, 0.6) is 0 Å². The molecular formula is C14H22N4O3. The van der Waals surface area contributed by atoms with Crippen LogP contribution in [0.25, 0.3) is 11.0 Å². The number of nitrogen functional groups attached to an aromatic ring is 1. The molecule has 3 atom stereocenters. The van der Waals surface area contributed by atoms with Crippen LogP contribution >= 0.6 is 0 Å². The lowest BCUT2D eigenvalue weighted by Crippen LogP contribution is -2.24. The Kier molecular flexibility index (Phi) is 4.76. The second-order valence-corrected chi connectivity index (χ2v) is 4.79. The van der Waals surface area contributed by atoms with Crippen molar-refractivity contribution in [1.82, 2.24) is 14.5 Å². The fourth-order valence-corrected chi connectivity index (χ4v) is 2.57. The molecule has 3 unspecified atom stereocenters. The molecule has 4 N–H and O–H groups in total. The highest BCUT2D eigenvalue weighted by Crippen LogP contribution is 2.33. The summed E-state index contributed by atoms with van der Waals surface area (Å²) in [6.07, 6.45) is 2.12. The summed E-state index contributed by atoms with van der Waals surface area (Å²) in [5.74, 6) is 0.429. The van der Waals surface area contributed by atoms with Crippen LogP contribution in [-0.4, -0.2) is 43.6 Å². The minimum Gasteiger partial charge on any atom is -0.394 e. The maximum Gasteiger partial charge on any atom is 0.147 e. The number of rotatable bonds is 2. The lowest BCUT2D eigenvalue weighted by atomic mass is 10.2. The third-order valence-electron chi connectivity index (χ3n) is 3.52. The molecule has 3 rings (SSSR count). The van der Waals surface area contributed by atoms with E-state index in [4.69, 9.17) is 15.6 Å². The van der Waals surface area contributed by atoms with Gasteiger partial charge in [-0.3, -0.25) is 0 Å². The molecule has 3 heterocycles. The molecule has 2 aromatic heterocycles. The van der Waals surface area contributed by atoms with E-state index in [9.17, 15) is 5.11 Å². The molecule has 7 nitrogen and oxygen atoms in total. The molecule has 2 aromatic rings. The molecule has 0 spiro atoms. The van der Waals surface area contributed by atoms with Crippen molar-refractivity contribution in [2.24, 2.45) is 0 Å². The van der Waals surface area contributed by atoms with Crippen LogP contribution in [0.2, 0.25) is 0 Å². The second-order valence-electron chi connectivity index (χ2n) is 4.79. The summed E-state index contributed by atoms with van der Waals surface area (Å²) in [6, 6.07) is 0. The van der Waals surface area contributed by atoms with Crippen LogP contribution in [0, 0.1) is 6.92 Å². The molecule has 0 bridgehead atoms. The summed E-state index contributed by atoms with van der Waals surface area (Å²) < 4.78 is 7.47. The average molecular weight is 294 g/mol. The highest BCUT2D eigenvalue weighted by Gasteiger charge is 2.35. The second kappa shape index (κ2) is 6.38. The fraction of sp³-hybridized carbons (Fsp3) is 0.571. The first-order valence-electron chi connectivity index (χ1n) is 7.13. The van der Waals surface area contributed by atoms with Gasteiger partial charge in [0.15, 0.2) is 0 Å². The first kappa shape index (κ1) is 15.7. The van der Waals surface area contributed by atoms with Crippen molar-refractivity contribution in [2.45, 2.75) is 45.6 Å². The Balaban J connectivity index is 0.000000774. The number of aryl methyl sites for hydroxylation is 1. The van der Waals surface area contributed by atoms with E-state index in [0.29, 0.717) is 17.9 Å². The fourth-order valence-electron chi connectivity index (χ4n) is 2.57.